The maximum absolute atomic E-state index is 9.05. The number of nitrogens with one attached hydrogen (secondary N) is 1. The first-order valence-electron chi connectivity index (χ1n) is 9.36. The maximum atomic E-state index is 9.05. The SMILES string of the molecule is COC(CNC1=Nc2ccc(Br)nc2Cn2cc(-c3ccc(C#N)cc3)cc21)OC. The number of methoxy groups -OCH3 is 2. The second-order valence-electron chi connectivity index (χ2n) is 6.77. The van der Waals surface area contributed by atoms with E-state index in [-0.39, 0.29) is 6.29 Å². The van der Waals surface area contributed by atoms with Crippen molar-refractivity contribution in [3.63, 3.8) is 0 Å². The van der Waals surface area contributed by atoms with Gasteiger partial charge in [0, 0.05) is 26.0 Å². The molecule has 0 bridgehead atoms. The van der Waals surface area contributed by atoms with Crippen LogP contribution in [0.3, 0.4) is 0 Å². The van der Waals surface area contributed by atoms with Gasteiger partial charge in [0.05, 0.1) is 41.8 Å². The standard InChI is InChI=1S/C22H20BrN5O2/c1-29-21(30-2)11-25-22-19-9-16(15-5-3-14(10-24)4-6-15)12-28(19)13-18-17(27-22)7-8-20(23)26-18/h3-9,12,21H,11,13H2,1-2H3,(H,25,27). The summed E-state index contributed by atoms with van der Waals surface area (Å²) in [4.78, 5) is 9.46. The van der Waals surface area contributed by atoms with Crippen LogP contribution in [0, 0.1) is 11.3 Å². The van der Waals surface area contributed by atoms with Gasteiger partial charge >= 0.3 is 0 Å². The van der Waals surface area contributed by atoms with Crippen molar-refractivity contribution in [1.29, 1.82) is 5.26 Å². The van der Waals surface area contributed by atoms with Gasteiger partial charge in [0.25, 0.3) is 0 Å². The van der Waals surface area contributed by atoms with Crippen molar-refractivity contribution in [1.82, 2.24) is 14.9 Å². The fourth-order valence-corrected chi connectivity index (χ4v) is 3.68. The van der Waals surface area contributed by atoms with E-state index in [2.05, 4.69) is 49.1 Å². The molecule has 2 aromatic heterocycles. The summed E-state index contributed by atoms with van der Waals surface area (Å²) < 4.78 is 13.5. The first-order chi connectivity index (χ1) is 14.6. The number of nitrogens with zero attached hydrogens (tertiary/aromatic N) is 4. The Hall–Kier alpha value is -2.99. The van der Waals surface area contributed by atoms with Gasteiger partial charge < -0.3 is 19.4 Å². The molecule has 7 nitrogen and oxygen atoms in total. The molecule has 0 saturated carbocycles. The molecular weight excluding hydrogens is 446 g/mol. The number of halogens is 1. The molecule has 0 radical (unpaired) electrons. The Morgan fingerprint density at radius 2 is 1.93 bits per heavy atom. The van der Waals surface area contributed by atoms with Crippen LogP contribution in [0.4, 0.5) is 5.69 Å². The molecule has 3 heterocycles. The van der Waals surface area contributed by atoms with E-state index >= 15 is 0 Å². The molecule has 8 heteroatoms. The van der Waals surface area contributed by atoms with Gasteiger partial charge in [-0.15, -0.1) is 0 Å². The van der Waals surface area contributed by atoms with Crippen molar-refractivity contribution in [2.24, 2.45) is 4.99 Å². The maximum Gasteiger partial charge on any atom is 0.173 e. The normalized spacial score (nSPS) is 12.6. The molecule has 3 aromatic rings. The lowest BCUT2D eigenvalue weighted by molar-refractivity contribution is -0.0965. The van der Waals surface area contributed by atoms with Crippen LogP contribution in [0.15, 0.2) is 58.3 Å². The van der Waals surface area contributed by atoms with E-state index < -0.39 is 0 Å². The first-order valence-corrected chi connectivity index (χ1v) is 10.1. The average Bonchev–Trinajstić information content (AvgIpc) is 3.12. The Kier molecular flexibility index (Phi) is 5.95. The van der Waals surface area contributed by atoms with Gasteiger partial charge in [-0.3, -0.25) is 0 Å². The van der Waals surface area contributed by atoms with E-state index in [1.54, 1.807) is 14.2 Å². The van der Waals surface area contributed by atoms with Gasteiger partial charge in [-0.25, -0.2) is 9.98 Å². The molecule has 4 rings (SSSR count). The minimum atomic E-state index is -0.389. The smallest absolute Gasteiger partial charge is 0.173 e. The number of aliphatic imine (C=N–C) groups is 1. The quantitative estimate of drug-likeness (QED) is 0.457. The molecule has 0 aliphatic carbocycles. The zero-order chi connectivity index (χ0) is 21.1. The molecule has 1 aliphatic heterocycles. The summed E-state index contributed by atoms with van der Waals surface area (Å²) in [6, 6.07) is 15.6. The van der Waals surface area contributed by atoms with Crippen LogP contribution in [0.5, 0.6) is 0 Å². The van der Waals surface area contributed by atoms with Crippen molar-refractivity contribution in [3.05, 3.63) is 70.2 Å². The minimum absolute atomic E-state index is 0.389. The summed E-state index contributed by atoms with van der Waals surface area (Å²) in [5.41, 5.74) is 5.33. The third kappa shape index (κ3) is 4.14. The predicted molar refractivity (Wildman–Crippen MR) is 118 cm³/mol. The van der Waals surface area contributed by atoms with Gasteiger partial charge in [0.2, 0.25) is 0 Å². The fourth-order valence-electron chi connectivity index (χ4n) is 3.33. The Morgan fingerprint density at radius 1 is 1.17 bits per heavy atom. The van der Waals surface area contributed by atoms with Gasteiger partial charge in [0.15, 0.2) is 12.1 Å². The van der Waals surface area contributed by atoms with Crippen LogP contribution >= 0.6 is 15.9 Å². The van der Waals surface area contributed by atoms with Gasteiger partial charge in [-0.2, -0.15) is 5.26 Å². The van der Waals surface area contributed by atoms with Crippen molar-refractivity contribution in [2.45, 2.75) is 12.8 Å². The highest BCUT2D eigenvalue weighted by atomic mass is 79.9. The molecule has 1 aromatic carbocycles. The third-order valence-electron chi connectivity index (χ3n) is 4.92. The van der Waals surface area contributed by atoms with Crippen molar-refractivity contribution in [2.75, 3.05) is 20.8 Å². The van der Waals surface area contributed by atoms with Gasteiger partial charge in [-0.1, -0.05) is 12.1 Å². The molecule has 0 unspecified atom stereocenters. The van der Waals surface area contributed by atoms with Gasteiger partial charge in [-0.05, 0) is 51.8 Å². The number of rotatable bonds is 5. The Labute approximate surface area is 183 Å². The van der Waals surface area contributed by atoms with E-state index in [0.29, 0.717) is 18.7 Å². The third-order valence-corrected chi connectivity index (χ3v) is 5.36. The molecule has 1 N–H and O–H groups in total. The number of amidine groups is 1. The van der Waals surface area contributed by atoms with Crippen LogP contribution in [0.25, 0.3) is 11.1 Å². The van der Waals surface area contributed by atoms with Crippen molar-refractivity contribution < 1.29 is 9.47 Å². The number of hydrogen-bond donors (Lipinski definition) is 1. The summed E-state index contributed by atoms with van der Waals surface area (Å²) in [6.45, 7) is 1.04. The zero-order valence-corrected chi connectivity index (χ0v) is 18.2. The Balaban J connectivity index is 1.75. The number of pyridine rings is 1. The van der Waals surface area contributed by atoms with Crippen LogP contribution in [-0.4, -0.2) is 42.4 Å². The summed E-state index contributed by atoms with van der Waals surface area (Å²) >= 11 is 3.45. The molecule has 0 fully saturated rings. The summed E-state index contributed by atoms with van der Waals surface area (Å²) in [5, 5.41) is 12.4. The Morgan fingerprint density at radius 3 is 2.63 bits per heavy atom. The van der Waals surface area contributed by atoms with E-state index in [0.717, 1.165) is 38.6 Å². The van der Waals surface area contributed by atoms with Gasteiger partial charge in [0.1, 0.15) is 4.60 Å². The van der Waals surface area contributed by atoms with Crippen molar-refractivity contribution in [3.8, 4) is 17.2 Å². The summed E-state index contributed by atoms with van der Waals surface area (Å²) in [6.07, 6.45) is 1.69. The number of nitriles is 1. The Bertz CT molecular complexity index is 1130. The molecule has 0 spiro atoms. The van der Waals surface area contributed by atoms with Crippen molar-refractivity contribution >= 4 is 27.5 Å². The topological polar surface area (TPSA) is 84.5 Å². The molecule has 152 valence electrons. The monoisotopic (exact) mass is 465 g/mol. The fraction of sp³-hybridized carbons (Fsp3) is 0.227. The minimum Gasteiger partial charge on any atom is -0.363 e. The highest BCUT2D eigenvalue weighted by Gasteiger charge is 2.20. The number of benzene rings is 1. The first kappa shape index (κ1) is 20.3. The number of fused-ring (bicyclic) bond motifs is 2. The van der Waals surface area contributed by atoms with Crippen LogP contribution < -0.4 is 5.32 Å². The predicted octanol–water partition coefficient (Wildman–Crippen LogP) is 3.83. The second kappa shape index (κ2) is 8.79. The van der Waals surface area contributed by atoms with E-state index in [1.807, 2.05) is 36.4 Å². The summed E-state index contributed by atoms with van der Waals surface area (Å²) in [5.74, 6) is 0.719. The molecule has 0 amide bonds. The van der Waals surface area contributed by atoms with E-state index in [4.69, 9.17) is 19.7 Å². The number of aromatic nitrogens is 2. The van der Waals surface area contributed by atoms with E-state index in [9.17, 15) is 0 Å². The highest BCUT2D eigenvalue weighted by molar-refractivity contribution is 9.10. The van der Waals surface area contributed by atoms with E-state index in [1.165, 1.54) is 0 Å². The highest BCUT2D eigenvalue weighted by Crippen LogP contribution is 2.29. The lowest BCUT2D eigenvalue weighted by Crippen LogP contribution is -2.35. The molecule has 30 heavy (non-hydrogen) atoms. The average molecular weight is 466 g/mol. The number of ether oxygens (including phenoxy) is 2. The molecule has 1 aliphatic rings. The summed E-state index contributed by atoms with van der Waals surface area (Å²) in [7, 11) is 3.21. The second-order valence-corrected chi connectivity index (χ2v) is 7.59. The largest absolute Gasteiger partial charge is 0.363 e. The van der Waals surface area contributed by atoms with Crippen LogP contribution in [-0.2, 0) is 16.0 Å². The van der Waals surface area contributed by atoms with Crippen LogP contribution in [0.1, 0.15) is 17.0 Å². The molecule has 0 atom stereocenters. The zero-order valence-electron chi connectivity index (χ0n) is 16.6. The van der Waals surface area contributed by atoms with Crippen LogP contribution in [0.2, 0.25) is 0 Å². The lowest BCUT2D eigenvalue weighted by Gasteiger charge is -2.16. The molecule has 0 saturated heterocycles. The lowest BCUT2D eigenvalue weighted by atomic mass is 10.1. The molecular formula is C22H20BrN5O2. The number of hydrogen-bond acceptors (Lipinski definition) is 6.